The molecule has 0 radical (unpaired) electrons. The average Bonchev–Trinajstić information content (AvgIpc) is 3.11. The van der Waals surface area contributed by atoms with E-state index in [0.717, 1.165) is 48.0 Å². The number of para-hydroxylation sites is 1. The van der Waals surface area contributed by atoms with Gasteiger partial charge in [0.15, 0.2) is 0 Å². The molecule has 2 aromatic heterocycles. The van der Waals surface area contributed by atoms with E-state index >= 15 is 0 Å². The number of morpholine rings is 1. The molecule has 0 saturated carbocycles. The molecule has 1 saturated heterocycles. The van der Waals surface area contributed by atoms with Gasteiger partial charge in [-0.1, -0.05) is 18.2 Å². The lowest BCUT2D eigenvalue weighted by Gasteiger charge is -2.26. The Hall–Kier alpha value is -2.73. The molecule has 27 heavy (non-hydrogen) atoms. The van der Waals surface area contributed by atoms with Gasteiger partial charge in [0, 0.05) is 48.6 Å². The maximum absolute atomic E-state index is 13.0. The van der Waals surface area contributed by atoms with Gasteiger partial charge in [0.2, 0.25) is 0 Å². The molecule has 1 aliphatic heterocycles. The van der Waals surface area contributed by atoms with Gasteiger partial charge >= 0.3 is 0 Å². The quantitative estimate of drug-likeness (QED) is 0.631. The molecule has 140 valence electrons. The van der Waals surface area contributed by atoms with E-state index in [-0.39, 0.29) is 5.91 Å². The highest BCUT2D eigenvalue weighted by Crippen LogP contribution is 2.24. The summed E-state index contributed by atoms with van der Waals surface area (Å²) < 4.78 is 7.58. The number of fused-ring (bicyclic) bond motifs is 1. The highest BCUT2D eigenvalue weighted by molar-refractivity contribution is 6.07. The molecule has 1 amide bonds. The van der Waals surface area contributed by atoms with Crippen molar-refractivity contribution in [2.45, 2.75) is 25.8 Å². The van der Waals surface area contributed by atoms with Gasteiger partial charge < -0.3 is 14.2 Å². The van der Waals surface area contributed by atoms with Crippen molar-refractivity contribution in [1.29, 1.82) is 0 Å². The Morgan fingerprint density at radius 2 is 1.96 bits per heavy atom. The average molecular weight is 364 g/mol. The standard InChI is InChI=1S/C21H24N4O2/c26-21(24-11-13-27-14-12-24)19-15-25(20-7-2-1-6-18(19)20)10-4-3-5-17-8-9-22-16-23-17/h1-2,6-9,15-16H,3-5,10-14H2. The van der Waals surface area contributed by atoms with Crippen LogP contribution in [0.15, 0.2) is 49.1 Å². The van der Waals surface area contributed by atoms with Crippen LogP contribution >= 0.6 is 0 Å². The SMILES string of the molecule is O=C(c1cn(CCCCc2ccncn2)c2ccccc12)N1CCOCC1. The molecule has 6 nitrogen and oxygen atoms in total. The van der Waals surface area contributed by atoms with Crippen LogP contribution in [-0.4, -0.2) is 51.6 Å². The van der Waals surface area contributed by atoms with Gasteiger partial charge in [-0.05, 0) is 31.4 Å². The van der Waals surface area contributed by atoms with Crippen LogP contribution in [0.3, 0.4) is 0 Å². The van der Waals surface area contributed by atoms with E-state index in [1.54, 1.807) is 12.5 Å². The number of nitrogens with zero attached hydrogens (tertiary/aromatic N) is 4. The summed E-state index contributed by atoms with van der Waals surface area (Å²) in [5, 5.41) is 1.03. The van der Waals surface area contributed by atoms with E-state index in [9.17, 15) is 4.79 Å². The van der Waals surface area contributed by atoms with Crippen molar-refractivity contribution in [3.8, 4) is 0 Å². The van der Waals surface area contributed by atoms with E-state index in [1.165, 1.54) is 0 Å². The summed E-state index contributed by atoms with van der Waals surface area (Å²) in [6.07, 6.45) is 8.43. The topological polar surface area (TPSA) is 60.2 Å². The van der Waals surface area contributed by atoms with Gasteiger partial charge in [0.05, 0.1) is 18.8 Å². The summed E-state index contributed by atoms with van der Waals surface area (Å²) in [7, 11) is 0. The fraction of sp³-hybridized carbons (Fsp3) is 0.381. The summed E-state index contributed by atoms with van der Waals surface area (Å²) >= 11 is 0. The van der Waals surface area contributed by atoms with Crippen molar-refractivity contribution in [1.82, 2.24) is 19.4 Å². The molecular formula is C21H24N4O2. The van der Waals surface area contributed by atoms with Crippen molar-refractivity contribution in [3.05, 3.63) is 60.3 Å². The molecule has 1 aliphatic rings. The lowest BCUT2D eigenvalue weighted by atomic mass is 10.1. The molecule has 0 bridgehead atoms. The molecule has 1 aromatic carbocycles. The first kappa shape index (κ1) is 17.7. The second kappa shape index (κ2) is 8.31. The number of carbonyl (C=O) groups excluding carboxylic acids is 1. The molecule has 0 unspecified atom stereocenters. The maximum Gasteiger partial charge on any atom is 0.256 e. The number of aromatic nitrogens is 3. The number of amides is 1. The van der Waals surface area contributed by atoms with Crippen molar-refractivity contribution < 1.29 is 9.53 Å². The highest BCUT2D eigenvalue weighted by atomic mass is 16.5. The van der Waals surface area contributed by atoms with Crippen molar-refractivity contribution in [3.63, 3.8) is 0 Å². The Bertz CT molecular complexity index is 901. The fourth-order valence-corrected chi connectivity index (χ4v) is 3.59. The number of hydrogen-bond donors (Lipinski definition) is 0. The van der Waals surface area contributed by atoms with E-state index in [1.807, 2.05) is 35.4 Å². The third-order valence-electron chi connectivity index (χ3n) is 5.04. The molecule has 1 fully saturated rings. The summed E-state index contributed by atoms with van der Waals surface area (Å²) in [5.41, 5.74) is 2.99. The molecular weight excluding hydrogens is 340 g/mol. The molecule has 3 heterocycles. The van der Waals surface area contributed by atoms with Crippen LogP contribution in [-0.2, 0) is 17.7 Å². The van der Waals surface area contributed by atoms with Crippen LogP contribution in [0.25, 0.3) is 10.9 Å². The third kappa shape index (κ3) is 4.01. The minimum Gasteiger partial charge on any atom is -0.378 e. The first-order chi connectivity index (χ1) is 13.3. The predicted molar refractivity (Wildman–Crippen MR) is 104 cm³/mol. The zero-order valence-corrected chi connectivity index (χ0v) is 15.4. The minimum atomic E-state index is 0.106. The van der Waals surface area contributed by atoms with E-state index in [0.29, 0.717) is 26.3 Å². The Kier molecular flexibility index (Phi) is 5.44. The third-order valence-corrected chi connectivity index (χ3v) is 5.04. The van der Waals surface area contributed by atoms with Gasteiger partial charge in [-0.2, -0.15) is 0 Å². The molecule has 0 aliphatic carbocycles. The summed E-state index contributed by atoms with van der Waals surface area (Å²) in [5.74, 6) is 0.106. The number of benzene rings is 1. The first-order valence-corrected chi connectivity index (χ1v) is 9.53. The summed E-state index contributed by atoms with van der Waals surface area (Å²) in [4.78, 5) is 23.1. The predicted octanol–water partition coefficient (Wildman–Crippen LogP) is 2.93. The van der Waals surface area contributed by atoms with E-state index in [2.05, 4.69) is 20.6 Å². The van der Waals surface area contributed by atoms with Gasteiger partial charge in [-0.25, -0.2) is 9.97 Å². The second-order valence-corrected chi connectivity index (χ2v) is 6.82. The number of ether oxygens (including phenoxy) is 1. The van der Waals surface area contributed by atoms with Crippen LogP contribution in [0.2, 0.25) is 0 Å². The first-order valence-electron chi connectivity index (χ1n) is 9.53. The number of carbonyl (C=O) groups is 1. The maximum atomic E-state index is 13.0. The van der Waals surface area contributed by atoms with Crippen molar-refractivity contribution in [2.24, 2.45) is 0 Å². The van der Waals surface area contributed by atoms with Crippen molar-refractivity contribution >= 4 is 16.8 Å². The zero-order valence-electron chi connectivity index (χ0n) is 15.4. The number of aryl methyl sites for hydroxylation is 2. The van der Waals surface area contributed by atoms with E-state index < -0.39 is 0 Å². The van der Waals surface area contributed by atoms with Crippen LogP contribution in [0.1, 0.15) is 28.9 Å². The van der Waals surface area contributed by atoms with Crippen LogP contribution in [0, 0.1) is 0 Å². The molecule has 0 spiro atoms. The monoisotopic (exact) mass is 364 g/mol. The smallest absolute Gasteiger partial charge is 0.256 e. The lowest BCUT2D eigenvalue weighted by Crippen LogP contribution is -2.40. The Morgan fingerprint density at radius 3 is 2.78 bits per heavy atom. The van der Waals surface area contributed by atoms with Crippen LogP contribution in [0.5, 0.6) is 0 Å². The Labute approximate surface area is 158 Å². The van der Waals surface area contributed by atoms with Gasteiger partial charge in [-0.15, -0.1) is 0 Å². The minimum absolute atomic E-state index is 0.106. The second-order valence-electron chi connectivity index (χ2n) is 6.82. The number of unbranched alkanes of at least 4 members (excludes halogenated alkanes) is 1. The highest BCUT2D eigenvalue weighted by Gasteiger charge is 2.22. The number of hydrogen-bond acceptors (Lipinski definition) is 4. The summed E-state index contributed by atoms with van der Waals surface area (Å²) in [6.45, 7) is 3.46. The molecule has 0 N–H and O–H groups in total. The van der Waals surface area contributed by atoms with Crippen LogP contribution < -0.4 is 0 Å². The van der Waals surface area contributed by atoms with Gasteiger partial charge in [0.1, 0.15) is 6.33 Å². The summed E-state index contributed by atoms with van der Waals surface area (Å²) in [6, 6.07) is 10.1. The molecule has 4 rings (SSSR count). The molecule has 6 heteroatoms. The Balaban J connectivity index is 1.47. The van der Waals surface area contributed by atoms with Gasteiger partial charge in [-0.3, -0.25) is 4.79 Å². The van der Waals surface area contributed by atoms with Crippen molar-refractivity contribution in [2.75, 3.05) is 26.3 Å². The zero-order chi connectivity index (χ0) is 18.5. The molecule has 3 aromatic rings. The Morgan fingerprint density at radius 1 is 1.11 bits per heavy atom. The van der Waals surface area contributed by atoms with E-state index in [4.69, 9.17) is 4.74 Å². The lowest BCUT2D eigenvalue weighted by molar-refractivity contribution is 0.0304. The van der Waals surface area contributed by atoms with Gasteiger partial charge in [0.25, 0.3) is 5.91 Å². The molecule has 0 atom stereocenters. The largest absolute Gasteiger partial charge is 0.378 e. The van der Waals surface area contributed by atoms with Crippen LogP contribution in [0.4, 0.5) is 0 Å². The fourth-order valence-electron chi connectivity index (χ4n) is 3.59. The normalized spacial score (nSPS) is 14.6. The number of rotatable bonds is 6.